The molecule has 2 aromatic carbocycles. The molecular weight excluding hydrogens is 286 g/mol. The standard InChI is InChI=1S/C15H13N3O4/c1-10(11-6-7-14-15(8-11)22-9-21-14)16-17-12-4-2-3-5-13(12)18(19)20/h2-8,17H,9H2,1H3/b16-10-. The maximum Gasteiger partial charge on any atom is 0.294 e. The van der Waals surface area contributed by atoms with E-state index >= 15 is 0 Å². The normalized spacial score (nSPS) is 13.0. The first-order valence-corrected chi connectivity index (χ1v) is 6.59. The quantitative estimate of drug-likeness (QED) is 0.532. The van der Waals surface area contributed by atoms with Crippen molar-refractivity contribution in [2.24, 2.45) is 5.10 Å². The number of benzene rings is 2. The number of ether oxygens (including phenoxy) is 2. The molecule has 1 heterocycles. The van der Waals surface area contributed by atoms with Gasteiger partial charge in [-0.15, -0.1) is 0 Å². The molecule has 0 aliphatic carbocycles. The lowest BCUT2D eigenvalue weighted by Crippen LogP contribution is -2.01. The maximum atomic E-state index is 11.0. The zero-order valence-electron chi connectivity index (χ0n) is 11.8. The van der Waals surface area contributed by atoms with Crippen LogP contribution in [0.15, 0.2) is 47.6 Å². The molecule has 0 aromatic heterocycles. The van der Waals surface area contributed by atoms with Gasteiger partial charge in [0.1, 0.15) is 5.69 Å². The molecule has 0 spiro atoms. The van der Waals surface area contributed by atoms with Gasteiger partial charge in [-0.3, -0.25) is 15.5 Å². The van der Waals surface area contributed by atoms with Crippen molar-refractivity contribution in [3.05, 3.63) is 58.1 Å². The van der Waals surface area contributed by atoms with Gasteiger partial charge in [0.05, 0.1) is 10.6 Å². The Kier molecular flexibility index (Phi) is 3.61. The van der Waals surface area contributed by atoms with Crippen molar-refractivity contribution in [3.8, 4) is 11.5 Å². The highest BCUT2D eigenvalue weighted by molar-refractivity contribution is 5.99. The van der Waals surface area contributed by atoms with E-state index in [0.717, 1.165) is 5.56 Å². The molecule has 0 unspecified atom stereocenters. The van der Waals surface area contributed by atoms with E-state index in [1.807, 2.05) is 18.2 Å². The van der Waals surface area contributed by atoms with Crippen LogP contribution in [0.5, 0.6) is 11.5 Å². The molecule has 0 saturated carbocycles. The number of nitrogens with one attached hydrogen (secondary N) is 1. The van der Waals surface area contributed by atoms with E-state index in [0.29, 0.717) is 22.9 Å². The van der Waals surface area contributed by atoms with E-state index in [1.165, 1.54) is 6.07 Å². The highest BCUT2D eigenvalue weighted by Gasteiger charge is 2.15. The van der Waals surface area contributed by atoms with Crippen molar-refractivity contribution >= 4 is 17.1 Å². The van der Waals surface area contributed by atoms with Crippen molar-refractivity contribution in [2.75, 3.05) is 12.2 Å². The Morgan fingerprint density at radius 1 is 1.23 bits per heavy atom. The molecule has 22 heavy (non-hydrogen) atoms. The van der Waals surface area contributed by atoms with Crippen LogP contribution in [0, 0.1) is 10.1 Å². The minimum atomic E-state index is -0.451. The number of anilines is 1. The predicted molar refractivity (Wildman–Crippen MR) is 81.5 cm³/mol. The van der Waals surface area contributed by atoms with Crippen LogP contribution in [-0.4, -0.2) is 17.4 Å². The van der Waals surface area contributed by atoms with Crippen molar-refractivity contribution in [1.29, 1.82) is 0 Å². The third-order valence-electron chi connectivity index (χ3n) is 3.24. The minimum Gasteiger partial charge on any atom is -0.454 e. The Morgan fingerprint density at radius 2 is 2.00 bits per heavy atom. The third-order valence-corrected chi connectivity index (χ3v) is 3.24. The van der Waals surface area contributed by atoms with Gasteiger partial charge >= 0.3 is 0 Å². The maximum absolute atomic E-state index is 11.0. The summed E-state index contributed by atoms with van der Waals surface area (Å²) in [6.07, 6.45) is 0. The number of nitrogens with zero attached hydrogens (tertiary/aromatic N) is 2. The van der Waals surface area contributed by atoms with Crippen LogP contribution in [0.4, 0.5) is 11.4 Å². The highest BCUT2D eigenvalue weighted by atomic mass is 16.7. The molecule has 0 bridgehead atoms. The second-order valence-corrected chi connectivity index (χ2v) is 4.65. The Balaban J connectivity index is 1.82. The Bertz CT molecular complexity index is 758. The zero-order chi connectivity index (χ0) is 15.5. The molecule has 2 aromatic rings. The van der Waals surface area contributed by atoms with Crippen LogP contribution in [0.1, 0.15) is 12.5 Å². The van der Waals surface area contributed by atoms with E-state index < -0.39 is 4.92 Å². The number of hydrazone groups is 1. The largest absolute Gasteiger partial charge is 0.454 e. The number of para-hydroxylation sites is 2. The lowest BCUT2D eigenvalue weighted by molar-refractivity contribution is -0.384. The van der Waals surface area contributed by atoms with Gasteiger partial charge in [0.2, 0.25) is 6.79 Å². The Morgan fingerprint density at radius 3 is 2.82 bits per heavy atom. The molecule has 0 fully saturated rings. The molecule has 0 amide bonds. The zero-order valence-corrected chi connectivity index (χ0v) is 11.8. The van der Waals surface area contributed by atoms with E-state index in [9.17, 15) is 10.1 Å². The molecule has 0 atom stereocenters. The second-order valence-electron chi connectivity index (χ2n) is 4.65. The summed E-state index contributed by atoms with van der Waals surface area (Å²) in [5.74, 6) is 1.36. The number of hydrogen-bond acceptors (Lipinski definition) is 6. The minimum absolute atomic E-state index is 0.0234. The SMILES string of the molecule is C/C(=N/Nc1ccccc1[N+](=O)[O-])c1ccc2c(c1)OCO2. The predicted octanol–water partition coefficient (Wildman–Crippen LogP) is 3.16. The highest BCUT2D eigenvalue weighted by Crippen LogP contribution is 2.32. The van der Waals surface area contributed by atoms with Gasteiger partial charge in [-0.25, -0.2) is 0 Å². The molecule has 0 radical (unpaired) electrons. The lowest BCUT2D eigenvalue weighted by atomic mass is 10.1. The molecule has 1 aliphatic rings. The Labute approximate surface area is 126 Å². The number of nitro groups is 1. The van der Waals surface area contributed by atoms with E-state index in [2.05, 4.69) is 10.5 Å². The van der Waals surface area contributed by atoms with Crippen molar-refractivity contribution in [3.63, 3.8) is 0 Å². The monoisotopic (exact) mass is 299 g/mol. The number of fused-ring (bicyclic) bond motifs is 1. The van der Waals surface area contributed by atoms with Crippen molar-refractivity contribution < 1.29 is 14.4 Å². The van der Waals surface area contributed by atoms with Gasteiger partial charge in [0.15, 0.2) is 11.5 Å². The summed E-state index contributed by atoms with van der Waals surface area (Å²) < 4.78 is 10.6. The summed E-state index contributed by atoms with van der Waals surface area (Å²) in [6, 6.07) is 11.8. The van der Waals surface area contributed by atoms with Crippen LogP contribution >= 0.6 is 0 Å². The fourth-order valence-corrected chi connectivity index (χ4v) is 2.06. The molecule has 0 saturated heterocycles. The van der Waals surface area contributed by atoms with Gasteiger partial charge in [0, 0.05) is 11.6 Å². The first-order chi connectivity index (χ1) is 10.6. The van der Waals surface area contributed by atoms with E-state index in [4.69, 9.17) is 9.47 Å². The average Bonchev–Trinajstić information content (AvgIpc) is 3.00. The van der Waals surface area contributed by atoms with Gasteiger partial charge in [-0.2, -0.15) is 5.10 Å². The van der Waals surface area contributed by atoms with Gasteiger partial charge < -0.3 is 9.47 Å². The molecule has 1 aliphatic heterocycles. The number of nitro benzene ring substituents is 1. The van der Waals surface area contributed by atoms with E-state index in [1.54, 1.807) is 25.1 Å². The van der Waals surface area contributed by atoms with Gasteiger partial charge in [0.25, 0.3) is 5.69 Å². The molecule has 3 rings (SSSR count). The van der Waals surface area contributed by atoms with Gasteiger partial charge in [-0.05, 0) is 31.2 Å². The average molecular weight is 299 g/mol. The van der Waals surface area contributed by atoms with Crippen molar-refractivity contribution in [2.45, 2.75) is 6.92 Å². The number of hydrogen-bond donors (Lipinski definition) is 1. The van der Waals surface area contributed by atoms with Crippen LogP contribution in [-0.2, 0) is 0 Å². The summed E-state index contributed by atoms with van der Waals surface area (Å²) in [4.78, 5) is 10.5. The topological polar surface area (TPSA) is 86.0 Å². The van der Waals surface area contributed by atoms with Crippen LogP contribution < -0.4 is 14.9 Å². The summed E-state index contributed by atoms with van der Waals surface area (Å²) in [5.41, 5.74) is 4.57. The molecular formula is C15H13N3O4. The molecule has 7 heteroatoms. The summed E-state index contributed by atoms with van der Waals surface area (Å²) in [5, 5.41) is 15.2. The smallest absolute Gasteiger partial charge is 0.294 e. The lowest BCUT2D eigenvalue weighted by Gasteiger charge is -2.05. The number of rotatable bonds is 4. The first kappa shape index (κ1) is 13.9. The van der Waals surface area contributed by atoms with Crippen LogP contribution in [0.25, 0.3) is 0 Å². The summed E-state index contributed by atoms with van der Waals surface area (Å²) in [7, 11) is 0. The summed E-state index contributed by atoms with van der Waals surface area (Å²) >= 11 is 0. The second kappa shape index (κ2) is 5.72. The fourth-order valence-electron chi connectivity index (χ4n) is 2.06. The first-order valence-electron chi connectivity index (χ1n) is 6.59. The van der Waals surface area contributed by atoms with Crippen LogP contribution in [0.2, 0.25) is 0 Å². The van der Waals surface area contributed by atoms with Crippen molar-refractivity contribution in [1.82, 2.24) is 0 Å². The molecule has 1 N–H and O–H groups in total. The Hall–Kier alpha value is -3.09. The van der Waals surface area contributed by atoms with Gasteiger partial charge in [-0.1, -0.05) is 12.1 Å². The fraction of sp³-hybridized carbons (Fsp3) is 0.133. The molecule has 7 nitrogen and oxygen atoms in total. The van der Waals surface area contributed by atoms with E-state index in [-0.39, 0.29) is 12.5 Å². The van der Waals surface area contributed by atoms with Crippen LogP contribution in [0.3, 0.4) is 0 Å². The molecule has 112 valence electrons. The third kappa shape index (κ3) is 2.69. The summed E-state index contributed by atoms with van der Waals surface area (Å²) in [6.45, 7) is 2.02.